The summed E-state index contributed by atoms with van der Waals surface area (Å²) in [5.41, 5.74) is 2.42. The van der Waals surface area contributed by atoms with E-state index >= 15 is 0 Å². The normalized spacial score (nSPS) is 18.3. The maximum absolute atomic E-state index is 12.3. The molecular weight excluding hydrogens is 338 g/mol. The number of aromatic nitrogens is 1. The first-order valence-corrected chi connectivity index (χ1v) is 10.3. The number of likely N-dealkylation sites (tertiary alicyclic amines) is 1. The SMILES string of the molecule is CCCO[C@@H]1CCCN(Cc2cn(CC(=O)NC(C)C)c3ccccc23)C1. The van der Waals surface area contributed by atoms with Crippen LogP contribution in [0.4, 0.5) is 0 Å². The first-order valence-electron chi connectivity index (χ1n) is 10.3. The molecule has 1 aliphatic heterocycles. The highest BCUT2D eigenvalue weighted by Crippen LogP contribution is 2.24. The van der Waals surface area contributed by atoms with Gasteiger partial charge in [-0.2, -0.15) is 0 Å². The van der Waals surface area contributed by atoms with Crippen LogP contribution < -0.4 is 5.32 Å². The van der Waals surface area contributed by atoms with Crippen molar-refractivity contribution in [1.82, 2.24) is 14.8 Å². The minimum atomic E-state index is 0.0586. The number of amides is 1. The fraction of sp³-hybridized carbons (Fsp3) is 0.591. The Morgan fingerprint density at radius 2 is 2.15 bits per heavy atom. The van der Waals surface area contributed by atoms with Crippen LogP contribution in [0.1, 0.15) is 45.6 Å². The summed E-state index contributed by atoms with van der Waals surface area (Å²) in [6.07, 6.45) is 5.92. The van der Waals surface area contributed by atoms with Gasteiger partial charge in [0.05, 0.1) is 6.10 Å². The topological polar surface area (TPSA) is 46.5 Å². The predicted molar refractivity (Wildman–Crippen MR) is 110 cm³/mol. The third-order valence-corrected chi connectivity index (χ3v) is 5.05. The first-order chi connectivity index (χ1) is 13.1. The molecule has 2 heterocycles. The summed E-state index contributed by atoms with van der Waals surface area (Å²) in [6.45, 7) is 10.4. The third kappa shape index (κ3) is 5.33. The minimum Gasteiger partial charge on any atom is -0.377 e. The van der Waals surface area contributed by atoms with Gasteiger partial charge in [0.25, 0.3) is 0 Å². The van der Waals surface area contributed by atoms with E-state index in [4.69, 9.17) is 4.74 Å². The molecule has 0 spiro atoms. The molecule has 0 saturated carbocycles. The van der Waals surface area contributed by atoms with Gasteiger partial charge in [0.1, 0.15) is 6.54 Å². The van der Waals surface area contributed by atoms with E-state index in [0.29, 0.717) is 12.6 Å². The number of fused-ring (bicyclic) bond motifs is 1. The number of hydrogen-bond acceptors (Lipinski definition) is 3. The van der Waals surface area contributed by atoms with Crippen molar-refractivity contribution >= 4 is 16.8 Å². The van der Waals surface area contributed by atoms with Crippen LogP contribution in [0.25, 0.3) is 10.9 Å². The molecular formula is C22H33N3O2. The number of nitrogens with zero attached hydrogens (tertiary/aromatic N) is 2. The van der Waals surface area contributed by atoms with Crippen LogP contribution in [-0.4, -0.2) is 47.2 Å². The second-order valence-corrected chi connectivity index (χ2v) is 7.89. The van der Waals surface area contributed by atoms with Gasteiger partial charge in [0.2, 0.25) is 5.91 Å². The van der Waals surface area contributed by atoms with Crippen molar-refractivity contribution in [1.29, 1.82) is 0 Å². The number of nitrogens with one attached hydrogen (secondary N) is 1. The van der Waals surface area contributed by atoms with Crippen LogP contribution in [0.15, 0.2) is 30.5 Å². The number of hydrogen-bond donors (Lipinski definition) is 1. The number of ether oxygens (including phenoxy) is 1. The molecule has 1 fully saturated rings. The van der Waals surface area contributed by atoms with Gasteiger partial charge in [-0.05, 0) is 51.3 Å². The van der Waals surface area contributed by atoms with Crippen molar-refractivity contribution < 1.29 is 9.53 Å². The van der Waals surface area contributed by atoms with Crippen LogP contribution in [0.3, 0.4) is 0 Å². The van der Waals surface area contributed by atoms with Gasteiger partial charge in [-0.1, -0.05) is 25.1 Å². The first kappa shape index (κ1) is 19.9. The van der Waals surface area contributed by atoms with Crippen molar-refractivity contribution in [3.05, 3.63) is 36.0 Å². The van der Waals surface area contributed by atoms with E-state index in [0.717, 1.165) is 44.6 Å². The number of benzene rings is 1. The van der Waals surface area contributed by atoms with Crippen molar-refractivity contribution in [3.63, 3.8) is 0 Å². The number of carbonyl (C=O) groups excluding carboxylic acids is 1. The quantitative estimate of drug-likeness (QED) is 0.772. The number of piperidine rings is 1. The molecule has 1 amide bonds. The molecule has 0 radical (unpaired) electrons. The largest absolute Gasteiger partial charge is 0.377 e. The van der Waals surface area contributed by atoms with Crippen molar-refractivity contribution in [2.24, 2.45) is 0 Å². The van der Waals surface area contributed by atoms with Crippen LogP contribution in [-0.2, 0) is 22.6 Å². The van der Waals surface area contributed by atoms with E-state index in [2.05, 4.69) is 46.1 Å². The maximum atomic E-state index is 12.3. The van der Waals surface area contributed by atoms with E-state index in [1.807, 2.05) is 19.9 Å². The highest BCUT2D eigenvalue weighted by atomic mass is 16.5. The van der Waals surface area contributed by atoms with Gasteiger partial charge in [-0.25, -0.2) is 0 Å². The molecule has 2 aromatic rings. The zero-order chi connectivity index (χ0) is 19.2. The lowest BCUT2D eigenvalue weighted by Crippen LogP contribution is -2.39. The zero-order valence-corrected chi connectivity index (χ0v) is 16.9. The van der Waals surface area contributed by atoms with Crippen LogP contribution in [0.5, 0.6) is 0 Å². The summed E-state index contributed by atoms with van der Waals surface area (Å²) in [4.78, 5) is 14.7. The third-order valence-electron chi connectivity index (χ3n) is 5.05. The Morgan fingerprint density at radius 1 is 1.33 bits per heavy atom. The molecule has 0 aliphatic carbocycles. The van der Waals surface area contributed by atoms with Gasteiger partial charge in [0.15, 0.2) is 0 Å². The molecule has 0 bridgehead atoms. The predicted octanol–water partition coefficient (Wildman–Crippen LogP) is 3.56. The van der Waals surface area contributed by atoms with E-state index in [1.165, 1.54) is 17.4 Å². The smallest absolute Gasteiger partial charge is 0.240 e. The number of para-hydroxylation sites is 1. The van der Waals surface area contributed by atoms with Gasteiger partial charge in [0, 0.05) is 42.8 Å². The van der Waals surface area contributed by atoms with E-state index in [1.54, 1.807) is 0 Å². The molecule has 5 nitrogen and oxygen atoms in total. The summed E-state index contributed by atoms with van der Waals surface area (Å²) in [6, 6.07) is 8.54. The van der Waals surface area contributed by atoms with Crippen molar-refractivity contribution in [3.8, 4) is 0 Å². The highest BCUT2D eigenvalue weighted by Gasteiger charge is 2.21. The van der Waals surface area contributed by atoms with E-state index < -0.39 is 0 Å². The van der Waals surface area contributed by atoms with Crippen LogP contribution >= 0.6 is 0 Å². The molecule has 5 heteroatoms. The average molecular weight is 372 g/mol. The molecule has 3 rings (SSSR count). The highest BCUT2D eigenvalue weighted by molar-refractivity contribution is 5.86. The summed E-state index contributed by atoms with van der Waals surface area (Å²) in [7, 11) is 0. The van der Waals surface area contributed by atoms with Crippen LogP contribution in [0, 0.1) is 0 Å². The fourth-order valence-electron chi connectivity index (χ4n) is 3.92. The van der Waals surface area contributed by atoms with E-state index in [-0.39, 0.29) is 11.9 Å². The molecule has 1 N–H and O–H groups in total. The lowest BCUT2D eigenvalue weighted by Gasteiger charge is -2.32. The van der Waals surface area contributed by atoms with Gasteiger partial charge >= 0.3 is 0 Å². The van der Waals surface area contributed by atoms with Gasteiger partial charge in [-0.3, -0.25) is 9.69 Å². The fourth-order valence-corrected chi connectivity index (χ4v) is 3.92. The van der Waals surface area contributed by atoms with Gasteiger partial charge in [-0.15, -0.1) is 0 Å². The van der Waals surface area contributed by atoms with Crippen molar-refractivity contribution in [2.45, 2.75) is 65.3 Å². The molecule has 1 atom stereocenters. The van der Waals surface area contributed by atoms with Crippen molar-refractivity contribution in [2.75, 3.05) is 19.7 Å². The summed E-state index contributed by atoms with van der Waals surface area (Å²) < 4.78 is 8.06. The Labute approximate surface area is 162 Å². The Balaban J connectivity index is 1.73. The second-order valence-electron chi connectivity index (χ2n) is 7.89. The lowest BCUT2D eigenvalue weighted by molar-refractivity contribution is -0.122. The molecule has 0 unspecified atom stereocenters. The lowest BCUT2D eigenvalue weighted by atomic mass is 10.1. The summed E-state index contributed by atoms with van der Waals surface area (Å²) in [5.74, 6) is 0.0586. The second kappa shape index (κ2) is 9.38. The Bertz CT molecular complexity index is 753. The molecule has 148 valence electrons. The summed E-state index contributed by atoms with van der Waals surface area (Å²) >= 11 is 0. The molecule has 1 saturated heterocycles. The number of rotatable bonds is 8. The molecule has 1 aromatic heterocycles. The van der Waals surface area contributed by atoms with Gasteiger partial charge < -0.3 is 14.6 Å². The Kier molecular flexibility index (Phi) is 6.91. The molecule has 1 aliphatic rings. The maximum Gasteiger partial charge on any atom is 0.240 e. The number of carbonyl (C=O) groups is 1. The Hall–Kier alpha value is -1.85. The minimum absolute atomic E-state index is 0.0586. The standard InChI is InChI=1S/C22H33N3O2/c1-4-12-27-19-8-7-11-24(15-19)13-18-14-25(16-22(26)23-17(2)3)21-10-6-5-9-20(18)21/h5-6,9-10,14,17,19H,4,7-8,11-13,15-16H2,1-3H3,(H,23,26)/t19-/m1/s1. The molecule has 27 heavy (non-hydrogen) atoms. The van der Waals surface area contributed by atoms with Crippen LogP contribution in [0.2, 0.25) is 0 Å². The Morgan fingerprint density at radius 3 is 2.93 bits per heavy atom. The van der Waals surface area contributed by atoms with E-state index in [9.17, 15) is 4.79 Å². The average Bonchev–Trinajstić information content (AvgIpc) is 2.97. The zero-order valence-electron chi connectivity index (χ0n) is 16.9. The summed E-state index contributed by atoms with van der Waals surface area (Å²) in [5, 5.41) is 4.23. The monoisotopic (exact) mass is 371 g/mol. The molecule has 1 aromatic carbocycles.